The molecule has 0 saturated heterocycles. The number of aromatic hydroxyl groups is 1. The number of ether oxygens (including phenoxy) is 1. The van der Waals surface area contributed by atoms with Crippen LogP contribution in [-0.4, -0.2) is 56.0 Å². The molecule has 3 aliphatic carbocycles. The van der Waals surface area contributed by atoms with Crippen molar-refractivity contribution in [3.8, 4) is 5.75 Å². The van der Waals surface area contributed by atoms with E-state index >= 15 is 0 Å². The summed E-state index contributed by atoms with van der Waals surface area (Å²) in [5.41, 5.74) is -4.60. The summed E-state index contributed by atoms with van der Waals surface area (Å²) < 4.78 is 5.17. The highest BCUT2D eigenvalue weighted by Gasteiger charge is 2.71. The average Bonchev–Trinajstić information content (AvgIpc) is 2.89. The summed E-state index contributed by atoms with van der Waals surface area (Å²) >= 11 is 0. The number of aliphatic hydroxyl groups is 3. The molecular weight excluding hydrogens is 564 g/mol. The summed E-state index contributed by atoms with van der Waals surface area (Å²) in [6.07, 6.45) is 4.33. The van der Waals surface area contributed by atoms with Crippen LogP contribution in [0.25, 0.3) is 6.08 Å². The first-order valence-corrected chi connectivity index (χ1v) is 15.3. The predicted molar refractivity (Wildman–Crippen MR) is 164 cm³/mol. The van der Waals surface area contributed by atoms with Crippen molar-refractivity contribution in [1.29, 1.82) is 0 Å². The van der Waals surface area contributed by atoms with E-state index in [0.717, 1.165) is 18.9 Å². The maximum absolute atomic E-state index is 14.4. The average molecular weight is 609 g/mol. The molecular formula is C35H44O9. The van der Waals surface area contributed by atoms with E-state index in [1.165, 1.54) is 12.2 Å². The van der Waals surface area contributed by atoms with Crippen molar-refractivity contribution in [2.75, 3.05) is 6.61 Å². The van der Waals surface area contributed by atoms with Crippen LogP contribution >= 0.6 is 0 Å². The standard InChI is InChI=1S/C35H44O9/c1-9-10-13-44-23(37)12-11-20-14-21(17(2)3)22-15-33(7)16-34(8)26(18(4)5)29(39)24(19(6)36)31(41)35(34,43)32(42)27(33)30(40)25(22)28(20)38/h11-12,14,17-18,26,38-39,42-43H,9-10,13,15-16H2,1-8H3/b12-11+/t26?,33-,34-,35+/m1/s1. The van der Waals surface area contributed by atoms with Crippen molar-refractivity contribution in [1.82, 2.24) is 0 Å². The molecule has 1 aromatic rings. The number of fused-ring (bicyclic) bond motifs is 3. The quantitative estimate of drug-likeness (QED) is 0.123. The van der Waals surface area contributed by atoms with Crippen molar-refractivity contribution in [3.05, 3.63) is 57.1 Å². The number of carbonyl (C=O) groups is 4. The Morgan fingerprint density at radius 2 is 1.75 bits per heavy atom. The molecule has 0 aromatic heterocycles. The summed E-state index contributed by atoms with van der Waals surface area (Å²) in [4.78, 5) is 53.1. The second-order valence-electron chi connectivity index (χ2n) is 13.7. The molecule has 0 saturated carbocycles. The zero-order chi connectivity index (χ0) is 33.1. The lowest BCUT2D eigenvalue weighted by Crippen LogP contribution is -2.67. The van der Waals surface area contributed by atoms with Gasteiger partial charge in [0.25, 0.3) is 0 Å². The van der Waals surface area contributed by atoms with Crippen LogP contribution in [-0.2, 0) is 25.5 Å². The third kappa shape index (κ3) is 4.71. The van der Waals surface area contributed by atoms with Gasteiger partial charge in [-0.3, -0.25) is 14.4 Å². The van der Waals surface area contributed by atoms with Gasteiger partial charge in [-0.05, 0) is 61.3 Å². The number of Topliss-reactive ketones (excluding diaryl/α,β-unsaturated/α-hetero) is 3. The third-order valence-electron chi connectivity index (χ3n) is 9.83. The number of benzene rings is 1. The minimum atomic E-state index is -2.67. The molecule has 9 heteroatoms. The molecule has 44 heavy (non-hydrogen) atoms. The van der Waals surface area contributed by atoms with Gasteiger partial charge in [0.1, 0.15) is 22.8 Å². The zero-order valence-corrected chi connectivity index (χ0v) is 26.8. The van der Waals surface area contributed by atoms with Crippen LogP contribution in [0.4, 0.5) is 0 Å². The minimum Gasteiger partial charge on any atom is -0.511 e. The number of carbonyl (C=O) groups excluding carboxylic acids is 4. The van der Waals surface area contributed by atoms with E-state index in [2.05, 4.69) is 0 Å². The number of hydrogen-bond acceptors (Lipinski definition) is 9. The SMILES string of the molecule is CCCCOC(=O)/C=C/c1cc(C(C)C)c2c(c1O)C(=O)C1=C(O)[C@@]3(O)C(=O)C(C(C)=O)=C(O)C(C(C)C)[C@@]3(C)C[C@@]1(C)C2. The first-order valence-electron chi connectivity index (χ1n) is 15.3. The number of aliphatic hydroxyl groups excluding tert-OH is 2. The Morgan fingerprint density at radius 3 is 2.30 bits per heavy atom. The lowest BCUT2D eigenvalue weighted by molar-refractivity contribution is -0.171. The van der Waals surface area contributed by atoms with Crippen molar-refractivity contribution in [3.63, 3.8) is 0 Å². The van der Waals surface area contributed by atoms with Gasteiger partial charge in [0.2, 0.25) is 5.78 Å². The lowest BCUT2D eigenvalue weighted by Gasteiger charge is -2.59. The van der Waals surface area contributed by atoms with Crippen LogP contribution in [0.3, 0.4) is 0 Å². The Morgan fingerprint density at radius 1 is 1.11 bits per heavy atom. The van der Waals surface area contributed by atoms with E-state index in [1.54, 1.807) is 33.8 Å². The van der Waals surface area contributed by atoms with E-state index in [4.69, 9.17) is 4.74 Å². The van der Waals surface area contributed by atoms with Gasteiger partial charge in [0.05, 0.1) is 12.2 Å². The fourth-order valence-electron chi connectivity index (χ4n) is 8.01. The molecule has 4 atom stereocenters. The Bertz CT molecular complexity index is 1540. The number of esters is 1. The van der Waals surface area contributed by atoms with Gasteiger partial charge in [0, 0.05) is 34.0 Å². The topological polar surface area (TPSA) is 158 Å². The number of phenols is 1. The van der Waals surface area contributed by atoms with Crippen LogP contribution in [0.15, 0.2) is 34.8 Å². The molecule has 4 rings (SSSR count). The van der Waals surface area contributed by atoms with Crippen LogP contribution < -0.4 is 0 Å². The Kier molecular flexibility index (Phi) is 8.54. The predicted octanol–water partition coefficient (Wildman–Crippen LogP) is 5.83. The van der Waals surface area contributed by atoms with Gasteiger partial charge >= 0.3 is 5.97 Å². The first kappa shape index (κ1) is 33.2. The number of allylic oxidation sites excluding steroid dienone is 2. The molecule has 0 radical (unpaired) electrons. The van der Waals surface area contributed by atoms with E-state index in [-0.39, 0.29) is 48.0 Å². The summed E-state index contributed by atoms with van der Waals surface area (Å²) in [5, 5.41) is 46.8. The number of rotatable bonds is 8. The van der Waals surface area contributed by atoms with Gasteiger partial charge in [-0.2, -0.15) is 0 Å². The van der Waals surface area contributed by atoms with Crippen molar-refractivity contribution >= 4 is 29.4 Å². The molecule has 4 N–H and O–H groups in total. The number of ketones is 3. The lowest BCUT2D eigenvalue weighted by atomic mass is 9.44. The monoisotopic (exact) mass is 608 g/mol. The van der Waals surface area contributed by atoms with Crippen LogP contribution in [0.1, 0.15) is 108 Å². The maximum Gasteiger partial charge on any atom is 0.330 e. The summed E-state index contributed by atoms with van der Waals surface area (Å²) in [6.45, 7) is 14.2. The van der Waals surface area contributed by atoms with Crippen LogP contribution in [0.2, 0.25) is 0 Å². The molecule has 0 spiro atoms. The molecule has 9 nitrogen and oxygen atoms in total. The van der Waals surface area contributed by atoms with E-state index in [1.807, 2.05) is 20.8 Å². The first-order chi connectivity index (χ1) is 20.4. The molecule has 0 aliphatic heterocycles. The highest BCUT2D eigenvalue weighted by molar-refractivity contribution is 6.25. The Balaban J connectivity index is 1.97. The van der Waals surface area contributed by atoms with Gasteiger partial charge < -0.3 is 25.2 Å². The normalized spacial score (nSPS) is 28.5. The van der Waals surface area contributed by atoms with Crippen LogP contribution in [0.5, 0.6) is 5.75 Å². The summed E-state index contributed by atoms with van der Waals surface area (Å²) in [6, 6.07) is 1.73. The molecule has 1 unspecified atom stereocenters. The Hall–Kier alpha value is -3.72. The zero-order valence-electron chi connectivity index (χ0n) is 26.8. The molecule has 3 aliphatic rings. The number of hydrogen-bond donors (Lipinski definition) is 4. The van der Waals surface area contributed by atoms with Gasteiger partial charge in [0.15, 0.2) is 17.2 Å². The second kappa shape index (κ2) is 11.3. The second-order valence-corrected chi connectivity index (χ2v) is 13.7. The van der Waals surface area contributed by atoms with Crippen LogP contribution in [0, 0.1) is 22.7 Å². The summed E-state index contributed by atoms with van der Waals surface area (Å²) in [7, 11) is 0. The third-order valence-corrected chi connectivity index (χ3v) is 9.83. The molecule has 0 amide bonds. The molecule has 0 bridgehead atoms. The van der Waals surface area contributed by atoms with Crippen molar-refractivity contribution in [2.24, 2.45) is 22.7 Å². The van der Waals surface area contributed by atoms with Crippen molar-refractivity contribution in [2.45, 2.75) is 92.6 Å². The van der Waals surface area contributed by atoms with E-state index in [0.29, 0.717) is 12.0 Å². The van der Waals surface area contributed by atoms with Gasteiger partial charge in [-0.15, -0.1) is 0 Å². The molecule has 0 fully saturated rings. The van der Waals surface area contributed by atoms with E-state index in [9.17, 15) is 39.6 Å². The smallest absolute Gasteiger partial charge is 0.330 e. The van der Waals surface area contributed by atoms with Crippen molar-refractivity contribution < 1.29 is 44.3 Å². The molecule has 0 heterocycles. The fraction of sp³-hybridized carbons (Fsp3) is 0.543. The van der Waals surface area contributed by atoms with Gasteiger partial charge in [-0.1, -0.05) is 54.9 Å². The highest BCUT2D eigenvalue weighted by Crippen LogP contribution is 2.65. The Labute approximate surface area is 258 Å². The molecule has 1 aromatic carbocycles. The number of phenolic OH excluding ortho intramolecular Hbond substituents is 1. The molecule has 238 valence electrons. The van der Waals surface area contributed by atoms with Gasteiger partial charge in [-0.25, -0.2) is 4.79 Å². The summed E-state index contributed by atoms with van der Waals surface area (Å²) in [5.74, 6) is -6.27. The maximum atomic E-state index is 14.4. The highest BCUT2D eigenvalue weighted by atomic mass is 16.5. The largest absolute Gasteiger partial charge is 0.511 e. The van der Waals surface area contributed by atoms with E-state index < -0.39 is 68.5 Å². The minimum absolute atomic E-state index is 0.0223. The fourth-order valence-corrected chi connectivity index (χ4v) is 8.01. The number of unbranched alkanes of at least 4 members (excludes halogenated alkanes) is 1.